The average molecular weight is 491 g/mol. The van der Waals surface area contributed by atoms with Gasteiger partial charge in [0.05, 0.1) is 12.5 Å². The van der Waals surface area contributed by atoms with Crippen molar-refractivity contribution in [2.24, 2.45) is 52.1 Å². The van der Waals surface area contributed by atoms with Crippen LogP contribution in [0.25, 0.3) is 0 Å². The summed E-state index contributed by atoms with van der Waals surface area (Å²) < 4.78 is 0. The number of rotatable bonds is 8. The molecule has 0 heterocycles. The van der Waals surface area contributed by atoms with E-state index in [0.717, 1.165) is 37.0 Å². The number of aliphatic hydroxyl groups excluding tert-OH is 1. The van der Waals surface area contributed by atoms with Gasteiger partial charge in [0.2, 0.25) is 11.8 Å². The van der Waals surface area contributed by atoms with E-state index in [2.05, 4.69) is 26.1 Å². The molecule has 198 valence electrons. The van der Waals surface area contributed by atoms with Crippen molar-refractivity contribution in [3.8, 4) is 0 Å². The molecule has 0 aromatic rings. The van der Waals surface area contributed by atoms with E-state index in [9.17, 15) is 24.6 Å². The summed E-state index contributed by atoms with van der Waals surface area (Å²) in [4.78, 5) is 34.9. The zero-order chi connectivity index (χ0) is 25.5. The van der Waals surface area contributed by atoms with Crippen molar-refractivity contribution in [1.82, 2.24) is 5.32 Å². The summed E-state index contributed by atoms with van der Waals surface area (Å²) >= 11 is 0. The van der Waals surface area contributed by atoms with Crippen LogP contribution in [0.4, 0.5) is 0 Å². The molecule has 7 nitrogen and oxygen atoms in total. The van der Waals surface area contributed by atoms with Gasteiger partial charge in [0, 0.05) is 6.42 Å². The maximum absolute atomic E-state index is 12.5. The van der Waals surface area contributed by atoms with Gasteiger partial charge in [0.15, 0.2) is 0 Å². The summed E-state index contributed by atoms with van der Waals surface area (Å²) in [5.74, 6) is 1.68. The van der Waals surface area contributed by atoms with E-state index in [1.807, 2.05) is 0 Å². The molecule has 4 rings (SSSR count). The Morgan fingerprint density at radius 1 is 1.00 bits per heavy atom. The second-order valence-electron chi connectivity index (χ2n) is 13.0. The molecule has 0 saturated heterocycles. The Labute approximate surface area is 210 Å². The molecule has 4 aliphatic carbocycles. The number of aliphatic carboxylic acids is 1. The number of hydrogen-bond acceptors (Lipinski definition) is 4. The first-order chi connectivity index (χ1) is 16.5. The molecule has 4 fully saturated rings. The lowest BCUT2D eigenvalue weighted by Gasteiger charge is -2.61. The largest absolute Gasteiger partial charge is 0.480 e. The molecule has 35 heavy (non-hydrogen) atoms. The third kappa shape index (κ3) is 4.99. The topological polar surface area (TPSA) is 130 Å². The minimum absolute atomic E-state index is 0.103. The van der Waals surface area contributed by atoms with Crippen LogP contribution in [0.5, 0.6) is 0 Å². The second kappa shape index (κ2) is 10.0. The fourth-order valence-corrected chi connectivity index (χ4v) is 9.44. The second-order valence-corrected chi connectivity index (χ2v) is 13.0. The molecule has 0 radical (unpaired) electrons. The van der Waals surface area contributed by atoms with Gasteiger partial charge in [-0.25, -0.2) is 4.79 Å². The zero-order valence-electron chi connectivity index (χ0n) is 21.8. The number of aliphatic hydroxyl groups is 1. The highest BCUT2D eigenvalue weighted by Crippen LogP contribution is 2.68. The van der Waals surface area contributed by atoms with Crippen molar-refractivity contribution < 1.29 is 24.6 Å². The molecule has 4 aliphatic rings. The molecular formula is C28H46N2O5. The number of carboxylic acids is 1. The van der Waals surface area contributed by atoms with E-state index in [1.165, 1.54) is 44.9 Å². The lowest BCUT2D eigenvalue weighted by atomic mass is 9.44. The highest BCUT2D eigenvalue weighted by molar-refractivity contribution is 5.88. The van der Waals surface area contributed by atoms with Gasteiger partial charge < -0.3 is 21.3 Å². The smallest absolute Gasteiger partial charge is 0.326 e. The molecule has 7 heteroatoms. The first kappa shape index (κ1) is 26.4. The molecule has 0 aliphatic heterocycles. The van der Waals surface area contributed by atoms with Crippen molar-refractivity contribution in [2.75, 3.05) is 0 Å². The molecule has 2 amide bonds. The van der Waals surface area contributed by atoms with Crippen LogP contribution >= 0.6 is 0 Å². The predicted octanol–water partition coefficient (Wildman–Crippen LogP) is 3.87. The minimum Gasteiger partial charge on any atom is -0.480 e. The number of primary amides is 1. The van der Waals surface area contributed by atoms with Crippen molar-refractivity contribution >= 4 is 17.8 Å². The number of nitrogens with one attached hydrogen (secondary N) is 1. The van der Waals surface area contributed by atoms with Crippen molar-refractivity contribution in [2.45, 2.75) is 110 Å². The Morgan fingerprint density at radius 2 is 1.69 bits per heavy atom. The van der Waals surface area contributed by atoms with Crippen LogP contribution in [0.2, 0.25) is 0 Å². The Morgan fingerprint density at radius 3 is 2.37 bits per heavy atom. The maximum atomic E-state index is 12.5. The van der Waals surface area contributed by atoms with E-state index < -0.39 is 17.9 Å². The van der Waals surface area contributed by atoms with Crippen LogP contribution in [0.1, 0.15) is 97.8 Å². The number of carboxylic acid groups (broad SMARTS) is 1. The molecule has 4 saturated carbocycles. The Bertz CT molecular complexity index is 832. The van der Waals surface area contributed by atoms with Gasteiger partial charge >= 0.3 is 5.97 Å². The van der Waals surface area contributed by atoms with E-state index in [0.29, 0.717) is 28.6 Å². The van der Waals surface area contributed by atoms with Crippen LogP contribution in [-0.2, 0) is 14.4 Å². The summed E-state index contributed by atoms with van der Waals surface area (Å²) in [6.07, 6.45) is 11.2. The molecule has 0 unspecified atom stereocenters. The Balaban J connectivity index is 1.36. The quantitative estimate of drug-likeness (QED) is 0.410. The van der Waals surface area contributed by atoms with Gasteiger partial charge in [-0.15, -0.1) is 0 Å². The average Bonchev–Trinajstić information content (AvgIpc) is 3.14. The van der Waals surface area contributed by atoms with E-state index in [4.69, 9.17) is 5.73 Å². The van der Waals surface area contributed by atoms with E-state index in [1.54, 1.807) is 0 Å². The number of fused-ring (bicyclic) bond motifs is 5. The lowest BCUT2D eigenvalue weighted by Crippen LogP contribution is -2.54. The van der Waals surface area contributed by atoms with Gasteiger partial charge in [0.25, 0.3) is 0 Å². The summed E-state index contributed by atoms with van der Waals surface area (Å²) in [5.41, 5.74) is 5.82. The molecule has 0 aromatic carbocycles. The summed E-state index contributed by atoms with van der Waals surface area (Å²) in [5, 5.41) is 22.0. The summed E-state index contributed by atoms with van der Waals surface area (Å²) in [6, 6.07) is -1.25. The number of hydrogen-bond donors (Lipinski definition) is 4. The Kier molecular flexibility index (Phi) is 7.57. The Hall–Kier alpha value is -1.63. The summed E-state index contributed by atoms with van der Waals surface area (Å²) in [7, 11) is 0. The number of carbonyl (C=O) groups is 3. The van der Waals surface area contributed by atoms with Crippen LogP contribution in [0.15, 0.2) is 0 Å². The maximum Gasteiger partial charge on any atom is 0.326 e. The normalized spacial score (nSPS) is 42.2. The third-order valence-electron chi connectivity index (χ3n) is 11.3. The molecule has 5 N–H and O–H groups in total. The van der Waals surface area contributed by atoms with Crippen LogP contribution in [0.3, 0.4) is 0 Å². The van der Waals surface area contributed by atoms with Gasteiger partial charge in [-0.1, -0.05) is 20.8 Å². The zero-order valence-corrected chi connectivity index (χ0v) is 21.8. The monoisotopic (exact) mass is 490 g/mol. The van der Waals surface area contributed by atoms with Crippen LogP contribution < -0.4 is 11.1 Å². The number of nitrogens with two attached hydrogens (primary N) is 1. The van der Waals surface area contributed by atoms with Crippen LogP contribution in [0, 0.1) is 46.3 Å². The van der Waals surface area contributed by atoms with Gasteiger partial charge in [-0.2, -0.15) is 0 Å². The highest BCUT2D eigenvalue weighted by atomic mass is 16.4. The number of amides is 2. The first-order valence-electron chi connectivity index (χ1n) is 13.9. The van der Waals surface area contributed by atoms with Crippen molar-refractivity contribution in [1.29, 1.82) is 0 Å². The first-order valence-corrected chi connectivity index (χ1v) is 13.9. The van der Waals surface area contributed by atoms with Crippen molar-refractivity contribution in [3.05, 3.63) is 0 Å². The third-order valence-corrected chi connectivity index (χ3v) is 11.3. The van der Waals surface area contributed by atoms with Gasteiger partial charge in [-0.05, 0) is 111 Å². The lowest BCUT2D eigenvalue weighted by molar-refractivity contribution is -0.143. The van der Waals surface area contributed by atoms with Crippen molar-refractivity contribution in [3.63, 3.8) is 0 Å². The predicted molar refractivity (Wildman–Crippen MR) is 133 cm³/mol. The molecule has 0 spiro atoms. The van der Waals surface area contributed by atoms with Gasteiger partial charge in [-0.3, -0.25) is 9.59 Å². The van der Waals surface area contributed by atoms with E-state index >= 15 is 0 Å². The molecule has 0 bridgehead atoms. The fraction of sp³-hybridized carbons (Fsp3) is 0.893. The number of carbonyl (C=O) groups excluding carboxylic acids is 2. The van der Waals surface area contributed by atoms with E-state index in [-0.39, 0.29) is 24.9 Å². The molecule has 10 atom stereocenters. The summed E-state index contributed by atoms with van der Waals surface area (Å²) in [6.45, 7) is 7.30. The molecule has 0 aromatic heterocycles. The van der Waals surface area contributed by atoms with Gasteiger partial charge in [0.1, 0.15) is 6.04 Å². The van der Waals surface area contributed by atoms with Crippen LogP contribution in [-0.4, -0.2) is 40.1 Å². The SMILES string of the molecule is C[C@H](CCC(=O)N[C@@H](CC(N)=O)C(=O)O)[C@H]1CC[C@H]2[C@@H]3CC[C@@H]4C[C@H](O)CC[C@]4(C)[C@H]3CC[C@]12C. The fourth-order valence-electron chi connectivity index (χ4n) is 9.44. The minimum atomic E-state index is -1.25. The standard InChI is InChI=1S/C28H46N2O5/c1-16(4-9-25(33)30-23(26(34)35)15-24(29)32)20-7-8-21-19-6-5-17-14-18(31)10-12-27(17,2)22(19)11-13-28(20,21)3/h16-23,31H,4-15H2,1-3H3,(H2,29,32)(H,30,33)(H,34,35)/t16-,17-,18-,19+,20-,21+,22+,23+,27+,28-/m1/s1. The highest BCUT2D eigenvalue weighted by Gasteiger charge is 2.60. The molecular weight excluding hydrogens is 444 g/mol.